The van der Waals surface area contributed by atoms with E-state index in [0.29, 0.717) is 29.6 Å². The molecule has 2 heterocycles. The minimum atomic E-state index is -0.281. The number of hydrogen-bond acceptors (Lipinski definition) is 5. The molecule has 0 fully saturated rings. The number of carbonyl (C=O) groups is 1. The number of hydrogen-bond donors (Lipinski definition) is 2. The van der Waals surface area contributed by atoms with Gasteiger partial charge in [-0.25, -0.2) is 4.79 Å². The van der Waals surface area contributed by atoms with Crippen LogP contribution in [0.3, 0.4) is 0 Å². The summed E-state index contributed by atoms with van der Waals surface area (Å²) in [5, 5.41) is 14.7. The van der Waals surface area contributed by atoms with Gasteiger partial charge in [0.05, 0.1) is 18.7 Å². The van der Waals surface area contributed by atoms with E-state index in [4.69, 9.17) is 17.0 Å². The Labute approximate surface area is 214 Å². The number of aryl methyl sites for hydroxylation is 1. The minimum absolute atomic E-state index is 0.281. The fourth-order valence-corrected chi connectivity index (χ4v) is 6.17. The van der Waals surface area contributed by atoms with Crippen molar-refractivity contribution in [1.29, 1.82) is 0 Å². The highest BCUT2D eigenvalue weighted by Gasteiger charge is 2.26. The Hall–Kier alpha value is -3.23. The number of benzene rings is 2. The molecule has 0 atom stereocenters. The lowest BCUT2D eigenvalue weighted by atomic mass is 10.0. The van der Waals surface area contributed by atoms with Gasteiger partial charge in [0.1, 0.15) is 5.00 Å². The molecule has 4 aromatic rings. The van der Waals surface area contributed by atoms with Gasteiger partial charge in [0, 0.05) is 17.1 Å². The fraction of sp³-hybridized carbons (Fsp3) is 0.296. The smallest absolute Gasteiger partial charge is 0.341 e. The first kappa shape index (κ1) is 23.5. The van der Waals surface area contributed by atoms with E-state index in [-0.39, 0.29) is 5.97 Å². The molecule has 0 bridgehead atoms. The zero-order chi connectivity index (χ0) is 24.2. The van der Waals surface area contributed by atoms with Crippen LogP contribution in [0.1, 0.15) is 52.5 Å². The average Bonchev–Trinajstić information content (AvgIpc) is 3.35. The van der Waals surface area contributed by atoms with E-state index >= 15 is 0 Å². The van der Waals surface area contributed by atoms with Crippen LogP contribution < -0.4 is 10.6 Å². The lowest BCUT2D eigenvalue weighted by Gasteiger charge is -2.10. The third-order valence-electron chi connectivity index (χ3n) is 6.22. The topological polar surface area (TPSA) is 68.2 Å². The van der Waals surface area contributed by atoms with Gasteiger partial charge in [-0.3, -0.25) is 4.68 Å². The average molecular weight is 505 g/mol. The zero-order valence-electron chi connectivity index (χ0n) is 19.7. The maximum absolute atomic E-state index is 12.8. The molecule has 0 amide bonds. The molecule has 2 aromatic heterocycles. The summed E-state index contributed by atoms with van der Waals surface area (Å²) in [4.78, 5) is 14.0. The number of thiocarbonyl (C=S) groups is 1. The Balaban J connectivity index is 1.30. The Morgan fingerprint density at radius 3 is 2.80 bits per heavy atom. The van der Waals surface area contributed by atoms with Crippen LogP contribution in [0.5, 0.6) is 0 Å². The number of anilines is 2. The summed E-state index contributed by atoms with van der Waals surface area (Å²) in [6.45, 7) is 2.84. The van der Waals surface area contributed by atoms with Gasteiger partial charge in [0.2, 0.25) is 0 Å². The molecule has 5 rings (SSSR count). The molecule has 0 unspecified atom stereocenters. The molecule has 0 saturated heterocycles. The van der Waals surface area contributed by atoms with Crippen LogP contribution in [-0.4, -0.2) is 27.5 Å². The predicted molar refractivity (Wildman–Crippen MR) is 147 cm³/mol. The molecule has 8 heteroatoms. The monoisotopic (exact) mass is 504 g/mol. The molecule has 0 spiro atoms. The van der Waals surface area contributed by atoms with E-state index in [1.54, 1.807) is 11.3 Å². The molecule has 35 heavy (non-hydrogen) atoms. The van der Waals surface area contributed by atoms with E-state index in [9.17, 15) is 4.79 Å². The van der Waals surface area contributed by atoms with E-state index in [1.807, 2.05) is 23.9 Å². The second-order valence-corrected chi connectivity index (χ2v) is 10.1. The SMILES string of the molecule is CCOC(=O)c1c(NC(=S)Nc2ccn(Cc3cccc4ccccc34)n2)sc2c1CCCCC2. The van der Waals surface area contributed by atoms with Crippen LogP contribution in [0.25, 0.3) is 10.8 Å². The maximum Gasteiger partial charge on any atom is 0.341 e. The molecular formula is C27H28N4O2S2. The standard InChI is InChI=1S/C27H28N4O2S2/c1-2-33-26(32)24-21-13-4-3-5-14-22(21)35-25(24)29-27(34)28-23-15-16-31(30-23)17-19-11-8-10-18-9-6-7-12-20(18)19/h6-12,15-16H,2-5,13-14,17H2,1H3,(H2,28,29,30,34). The number of nitrogens with one attached hydrogen (secondary N) is 2. The summed E-state index contributed by atoms with van der Waals surface area (Å²) in [5.41, 5.74) is 2.97. The Morgan fingerprint density at radius 2 is 1.91 bits per heavy atom. The van der Waals surface area contributed by atoms with Gasteiger partial charge >= 0.3 is 5.97 Å². The molecule has 6 nitrogen and oxygen atoms in total. The van der Waals surface area contributed by atoms with E-state index in [1.165, 1.54) is 27.6 Å². The Bertz CT molecular complexity index is 1370. The van der Waals surface area contributed by atoms with E-state index in [0.717, 1.165) is 36.2 Å². The van der Waals surface area contributed by atoms with Crippen molar-refractivity contribution < 1.29 is 9.53 Å². The number of nitrogens with zero attached hydrogens (tertiary/aromatic N) is 2. The number of esters is 1. The molecule has 1 aliphatic carbocycles. The normalized spacial score (nSPS) is 13.2. The van der Waals surface area contributed by atoms with E-state index in [2.05, 4.69) is 58.2 Å². The first-order valence-electron chi connectivity index (χ1n) is 12.0. The van der Waals surface area contributed by atoms with Gasteiger partial charge in [0.15, 0.2) is 10.9 Å². The predicted octanol–water partition coefficient (Wildman–Crippen LogP) is 6.40. The van der Waals surface area contributed by atoms with Gasteiger partial charge in [0.25, 0.3) is 0 Å². The minimum Gasteiger partial charge on any atom is -0.462 e. The molecule has 0 aliphatic heterocycles. The van der Waals surface area contributed by atoms with Crippen LogP contribution in [0.4, 0.5) is 10.8 Å². The van der Waals surface area contributed by atoms with Crippen molar-refractivity contribution in [1.82, 2.24) is 9.78 Å². The van der Waals surface area contributed by atoms with Crippen molar-refractivity contribution in [3.05, 3.63) is 76.3 Å². The third-order valence-corrected chi connectivity index (χ3v) is 7.63. The number of carbonyl (C=O) groups excluding carboxylic acids is 1. The first-order chi connectivity index (χ1) is 17.1. The Morgan fingerprint density at radius 1 is 1.09 bits per heavy atom. The van der Waals surface area contributed by atoms with Crippen molar-refractivity contribution in [3.8, 4) is 0 Å². The lowest BCUT2D eigenvalue weighted by molar-refractivity contribution is 0.0527. The lowest BCUT2D eigenvalue weighted by Crippen LogP contribution is -2.21. The second kappa shape index (κ2) is 10.6. The molecule has 180 valence electrons. The number of rotatable bonds is 6. The highest BCUT2D eigenvalue weighted by molar-refractivity contribution is 7.80. The van der Waals surface area contributed by atoms with Gasteiger partial charge in [-0.15, -0.1) is 11.3 Å². The van der Waals surface area contributed by atoms with Crippen LogP contribution in [0.15, 0.2) is 54.7 Å². The first-order valence-corrected chi connectivity index (χ1v) is 13.2. The summed E-state index contributed by atoms with van der Waals surface area (Å²) in [7, 11) is 0. The highest BCUT2D eigenvalue weighted by atomic mass is 32.1. The maximum atomic E-state index is 12.8. The number of thiophene rings is 1. The second-order valence-electron chi connectivity index (χ2n) is 8.61. The summed E-state index contributed by atoms with van der Waals surface area (Å²) >= 11 is 7.19. The van der Waals surface area contributed by atoms with Gasteiger partial charge in [-0.2, -0.15) is 5.10 Å². The quantitative estimate of drug-likeness (QED) is 0.180. The molecule has 1 aliphatic rings. The fourth-order valence-electron chi connectivity index (χ4n) is 4.62. The molecule has 2 aromatic carbocycles. The van der Waals surface area contributed by atoms with Crippen LogP contribution in [0, 0.1) is 0 Å². The summed E-state index contributed by atoms with van der Waals surface area (Å²) in [6.07, 6.45) is 7.25. The van der Waals surface area contributed by atoms with Crippen molar-refractivity contribution in [2.45, 2.75) is 45.6 Å². The number of ether oxygens (including phenoxy) is 1. The third kappa shape index (κ3) is 5.23. The van der Waals surface area contributed by atoms with Crippen LogP contribution in [0.2, 0.25) is 0 Å². The van der Waals surface area contributed by atoms with Crippen molar-refractivity contribution in [2.75, 3.05) is 17.2 Å². The zero-order valence-corrected chi connectivity index (χ0v) is 21.3. The largest absolute Gasteiger partial charge is 0.462 e. The number of fused-ring (bicyclic) bond motifs is 2. The molecule has 2 N–H and O–H groups in total. The van der Waals surface area contributed by atoms with Crippen molar-refractivity contribution >= 4 is 56.2 Å². The Kier molecular flexibility index (Phi) is 7.11. The highest BCUT2D eigenvalue weighted by Crippen LogP contribution is 2.38. The summed E-state index contributed by atoms with van der Waals surface area (Å²) in [5.74, 6) is 0.370. The number of aromatic nitrogens is 2. The van der Waals surface area contributed by atoms with Gasteiger partial charge < -0.3 is 15.4 Å². The van der Waals surface area contributed by atoms with Gasteiger partial charge in [-0.05, 0) is 66.7 Å². The molecular weight excluding hydrogens is 476 g/mol. The summed E-state index contributed by atoms with van der Waals surface area (Å²) in [6, 6.07) is 16.6. The van der Waals surface area contributed by atoms with Crippen molar-refractivity contribution in [2.24, 2.45) is 0 Å². The molecule has 0 radical (unpaired) electrons. The van der Waals surface area contributed by atoms with Crippen LogP contribution in [-0.2, 0) is 24.1 Å². The van der Waals surface area contributed by atoms with E-state index < -0.39 is 0 Å². The van der Waals surface area contributed by atoms with Crippen LogP contribution >= 0.6 is 23.6 Å². The van der Waals surface area contributed by atoms with Gasteiger partial charge in [-0.1, -0.05) is 48.9 Å². The molecule has 0 saturated carbocycles. The summed E-state index contributed by atoms with van der Waals surface area (Å²) < 4.78 is 7.27. The van der Waals surface area contributed by atoms with Crippen molar-refractivity contribution in [3.63, 3.8) is 0 Å².